The topological polar surface area (TPSA) is 41.7 Å². The molecule has 0 aliphatic carbocycles. The third-order valence-electron chi connectivity index (χ3n) is 3.41. The second-order valence-electron chi connectivity index (χ2n) is 4.85. The van der Waals surface area contributed by atoms with Crippen molar-refractivity contribution in [2.24, 2.45) is 5.73 Å². The summed E-state index contributed by atoms with van der Waals surface area (Å²) in [5.74, 6) is 0.782. The maximum absolute atomic E-state index is 5.81. The number of benzene rings is 1. The van der Waals surface area contributed by atoms with Crippen LogP contribution in [0.3, 0.4) is 0 Å². The number of piperazine rings is 1. The number of hydrogen-bond donors (Lipinski definition) is 1. The summed E-state index contributed by atoms with van der Waals surface area (Å²) in [6, 6.07) is 7.67. The molecule has 0 saturated carbocycles. The van der Waals surface area contributed by atoms with Gasteiger partial charge in [-0.25, -0.2) is 0 Å². The quantitative estimate of drug-likeness (QED) is 0.813. The van der Waals surface area contributed by atoms with Crippen LogP contribution in [0.2, 0.25) is 0 Å². The van der Waals surface area contributed by atoms with E-state index in [1.165, 1.54) is 0 Å². The van der Waals surface area contributed by atoms with Crippen LogP contribution in [0.25, 0.3) is 0 Å². The summed E-state index contributed by atoms with van der Waals surface area (Å²) in [5, 5.41) is 0. The predicted octanol–water partition coefficient (Wildman–Crippen LogP) is 0.947. The van der Waals surface area contributed by atoms with Crippen LogP contribution in [0, 0.1) is 0 Å². The first-order chi connectivity index (χ1) is 9.16. The number of hydrogen-bond acceptors (Lipinski definition) is 4. The Balaban J connectivity index is 1.81. The zero-order valence-corrected chi connectivity index (χ0v) is 12.2. The van der Waals surface area contributed by atoms with Gasteiger partial charge in [0.15, 0.2) is 0 Å². The molecule has 1 fully saturated rings. The van der Waals surface area contributed by atoms with E-state index in [1.54, 1.807) is 0 Å². The fourth-order valence-electron chi connectivity index (χ4n) is 2.15. The number of ether oxygens (including phenoxy) is 1. The molecule has 0 unspecified atom stereocenters. The SMILES string of the molecule is CN1CCN(CCOc2ccccc2C(N)=S)CC1. The molecule has 1 aromatic carbocycles. The van der Waals surface area contributed by atoms with Gasteiger partial charge in [0.25, 0.3) is 0 Å². The lowest BCUT2D eigenvalue weighted by atomic mass is 10.2. The molecule has 1 aliphatic rings. The number of thiocarbonyl (C=S) groups is 1. The molecule has 0 amide bonds. The number of para-hydroxylation sites is 1. The maximum Gasteiger partial charge on any atom is 0.129 e. The first-order valence-electron chi connectivity index (χ1n) is 6.59. The van der Waals surface area contributed by atoms with E-state index in [2.05, 4.69) is 16.8 Å². The van der Waals surface area contributed by atoms with Gasteiger partial charge < -0.3 is 15.4 Å². The molecule has 5 heteroatoms. The van der Waals surface area contributed by atoms with Gasteiger partial charge in [-0.15, -0.1) is 0 Å². The second-order valence-corrected chi connectivity index (χ2v) is 5.29. The van der Waals surface area contributed by atoms with Crippen LogP contribution < -0.4 is 10.5 Å². The highest BCUT2D eigenvalue weighted by Crippen LogP contribution is 2.17. The Kier molecular flexibility index (Phi) is 5.13. The third kappa shape index (κ3) is 4.16. The Bertz CT molecular complexity index is 430. The van der Waals surface area contributed by atoms with Crippen molar-refractivity contribution < 1.29 is 4.74 Å². The van der Waals surface area contributed by atoms with E-state index in [-0.39, 0.29) is 0 Å². The van der Waals surface area contributed by atoms with E-state index >= 15 is 0 Å². The van der Waals surface area contributed by atoms with Crippen LogP contribution in [-0.4, -0.2) is 61.2 Å². The van der Waals surface area contributed by atoms with Gasteiger partial charge >= 0.3 is 0 Å². The van der Waals surface area contributed by atoms with Gasteiger partial charge in [0.05, 0.1) is 5.56 Å². The van der Waals surface area contributed by atoms with Gasteiger partial charge in [0.2, 0.25) is 0 Å². The highest BCUT2D eigenvalue weighted by atomic mass is 32.1. The number of likely N-dealkylation sites (N-methyl/N-ethyl adjacent to an activating group) is 1. The van der Waals surface area contributed by atoms with Gasteiger partial charge in [0.1, 0.15) is 17.3 Å². The second kappa shape index (κ2) is 6.84. The zero-order chi connectivity index (χ0) is 13.7. The fourth-order valence-corrected chi connectivity index (χ4v) is 2.32. The molecule has 19 heavy (non-hydrogen) atoms. The van der Waals surface area contributed by atoms with Crippen LogP contribution in [0.1, 0.15) is 5.56 Å². The summed E-state index contributed by atoms with van der Waals surface area (Å²) in [6.45, 7) is 6.09. The molecule has 0 radical (unpaired) electrons. The van der Waals surface area contributed by atoms with E-state index in [1.807, 2.05) is 24.3 Å². The molecule has 4 nitrogen and oxygen atoms in total. The van der Waals surface area contributed by atoms with Crippen molar-refractivity contribution in [2.75, 3.05) is 46.4 Å². The summed E-state index contributed by atoms with van der Waals surface area (Å²) >= 11 is 5.02. The molecule has 0 aromatic heterocycles. The predicted molar refractivity (Wildman–Crippen MR) is 81.8 cm³/mol. The van der Waals surface area contributed by atoms with Gasteiger partial charge in [-0.05, 0) is 19.2 Å². The van der Waals surface area contributed by atoms with E-state index in [0.717, 1.165) is 44.0 Å². The molecule has 0 bridgehead atoms. The lowest BCUT2D eigenvalue weighted by Crippen LogP contribution is -2.45. The number of rotatable bonds is 5. The smallest absolute Gasteiger partial charge is 0.129 e. The van der Waals surface area contributed by atoms with Crippen LogP contribution in [0.15, 0.2) is 24.3 Å². The Labute approximate surface area is 120 Å². The summed E-state index contributed by atoms with van der Waals surface area (Å²) in [4.78, 5) is 5.15. The molecule has 0 spiro atoms. The first kappa shape index (κ1) is 14.2. The van der Waals surface area contributed by atoms with E-state index in [4.69, 9.17) is 22.7 Å². The molecule has 2 rings (SSSR count). The normalized spacial score (nSPS) is 17.3. The Hall–Kier alpha value is -1.17. The van der Waals surface area contributed by atoms with Crippen molar-refractivity contribution in [3.8, 4) is 5.75 Å². The lowest BCUT2D eigenvalue weighted by Gasteiger charge is -2.32. The summed E-state index contributed by atoms with van der Waals surface area (Å²) in [7, 11) is 2.16. The van der Waals surface area contributed by atoms with Crippen molar-refractivity contribution in [2.45, 2.75) is 0 Å². The van der Waals surface area contributed by atoms with Crippen molar-refractivity contribution in [1.82, 2.24) is 9.80 Å². The molecule has 1 heterocycles. The molecule has 2 N–H and O–H groups in total. The van der Waals surface area contributed by atoms with Crippen molar-refractivity contribution in [3.05, 3.63) is 29.8 Å². The lowest BCUT2D eigenvalue weighted by molar-refractivity contribution is 0.133. The van der Waals surface area contributed by atoms with Gasteiger partial charge in [-0.1, -0.05) is 24.4 Å². The fraction of sp³-hybridized carbons (Fsp3) is 0.500. The van der Waals surface area contributed by atoms with E-state index in [0.29, 0.717) is 11.6 Å². The average Bonchev–Trinajstić information content (AvgIpc) is 2.41. The van der Waals surface area contributed by atoms with Crippen molar-refractivity contribution in [3.63, 3.8) is 0 Å². The average molecular weight is 279 g/mol. The molecule has 0 atom stereocenters. The standard InChI is InChI=1S/C14H21N3OS/c1-16-6-8-17(9-7-16)10-11-18-13-5-3-2-4-12(13)14(15)19/h2-5H,6-11H2,1H3,(H2,15,19). The third-order valence-corrected chi connectivity index (χ3v) is 3.63. The van der Waals surface area contributed by atoms with Crippen molar-refractivity contribution >= 4 is 17.2 Å². The van der Waals surface area contributed by atoms with Crippen molar-refractivity contribution in [1.29, 1.82) is 0 Å². The monoisotopic (exact) mass is 279 g/mol. The maximum atomic E-state index is 5.81. The van der Waals surface area contributed by atoms with Gasteiger partial charge in [-0.2, -0.15) is 0 Å². The molecule has 1 aliphatic heterocycles. The van der Waals surface area contributed by atoms with Gasteiger partial charge in [-0.3, -0.25) is 4.90 Å². The molecule has 1 aromatic rings. The molecular weight excluding hydrogens is 258 g/mol. The minimum atomic E-state index is 0.384. The minimum absolute atomic E-state index is 0.384. The van der Waals surface area contributed by atoms with Crippen LogP contribution in [-0.2, 0) is 0 Å². The zero-order valence-electron chi connectivity index (χ0n) is 11.3. The number of nitrogens with two attached hydrogens (primary N) is 1. The highest BCUT2D eigenvalue weighted by molar-refractivity contribution is 7.80. The van der Waals surface area contributed by atoms with E-state index < -0.39 is 0 Å². The van der Waals surface area contributed by atoms with Crippen LogP contribution in [0.5, 0.6) is 5.75 Å². The Morgan fingerprint density at radius 3 is 2.63 bits per heavy atom. The highest BCUT2D eigenvalue weighted by Gasteiger charge is 2.13. The van der Waals surface area contributed by atoms with Crippen LogP contribution >= 0.6 is 12.2 Å². The Morgan fingerprint density at radius 2 is 1.95 bits per heavy atom. The molecular formula is C14H21N3OS. The first-order valence-corrected chi connectivity index (χ1v) is 7.00. The summed E-state index contributed by atoms with van der Waals surface area (Å²) in [5.41, 5.74) is 6.50. The summed E-state index contributed by atoms with van der Waals surface area (Å²) in [6.07, 6.45) is 0. The Morgan fingerprint density at radius 1 is 1.26 bits per heavy atom. The summed E-state index contributed by atoms with van der Waals surface area (Å²) < 4.78 is 5.81. The van der Waals surface area contributed by atoms with E-state index in [9.17, 15) is 0 Å². The van der Waals surface area contributed by atoms with Crippen LogP contribution in [0.4, 0.5) is 0 Å². The minimum Gasteiger partial charge on any atom is -0.492 e. The van der Waals surface area contributed by atoms with Gasteiger partial charge in [0, 0.05) is 32.7 Å². The molecule has 1 saturated heterocycles. The largest absolute Gasteiger partial charge is 0.492 e. The molecule has 104 valence electrons. The number of nitrogens with zero attached hydrogens (tertiary/aromatic N) is 2.